The van der Waals surface area contributed by atoms with Crippen LogP contribution in [-0.2, 0) is 16.0 Å². The topological polar surface area (TPSA) is 64.4 Å². The number of carbonyl (C=O) groups is 1. The Morgan fingerprint density at radius 1 is 1.63 bits per heavy atom. The Hall–Kier alpha value is -1.10. The molecule has 1 aromatic carbocycles. The summed E-state index contributed by atoms with van der Waals surface area (Å²) >= 11 is 5.94. The van der Waals surface area contributed by atoms with Gasteiger partial charge in [0.2, 0.25) is 5.91 Å². The molecule has 2 rings (SSSR count). The molecule has 1 aliphatic heterocycles. The van der Waals surface area contributed by atoms with Crippen LogP contribution in [0.15, 0.2) is 24.3 Å². The Balaban J connectivity index is 1.90. The molecular formula is C14H19ClN2O2. The first-order chi connectivity index (χ1) is 8.99. The molecule has 1 saturated heterocycles. The highest BCUT2D eigenvalue weighted by atomic mass is 35.5. The maximum atomic E-state index is 12.1. The van der Waals surface area contributed by atoms with E-state index in [2.05, 4.69) is 5.32 Å². The van der Waals surface area contributed by atoms with Gasteiger partial charge in [0.05, 0.1) is 6.61 Å². The number of benzene rings is 1. The summed E-state index contributed by atoms with van der Waals surface area (Å²) in [7, 11) is 0. The number of amides is 1. The van der Waals surface area contributed by atoms with Crippen molar-refractivity contribution in [1.82, 2.24) is 5.32 Å². The maximum Gasteiger partial charge on any atom is 0.242 e. The molecule has 4 nitrogen and oxygen atoms in total. The van der Waals surface area contributed by atoms with E-state index in [-0.39, 0.29) is 11.9 Å². The number of halogens is 1. The number of nitrogens with one attached hydrogen (secondary N) is 1. The third-order valence-electron chi connectivity index (χ3n) is 3.31. The van der Waals surface area contributed by atoms with E-state index in [0.717, 1.165) is 12.0 Å². The lowest BCUT2D eigenvalue weighted by Gasteiger charge is -2.23. The zero-order valence-corrected chi connectivity index (χ0v) is 11.7. The molecule has 1 heterocycles. The molecule has 0 radical (unpaired) electrons. The summed E-state index contributed by atoms with van der Waals surface area (Å²) in [6, 6.07) is 7.64. The largest absolute Gasteiger partial charge is 0.379 e. The van der Waals surface area contributed by atoms with E-state index in [1.807, 2.05) is 31.2 Å². The molecule has 1 aromatic rings. The molecule has 3 N–H and O–H groups in total. The zero-order chi connectivity index (χ0) is 13.9. The molecule has 0 aliphatic carbocycles. The number of nitrogens with two attached hydrogens (primary N) is 1. The van der Waals surface area contributed by atoms with E-state index in [9.17, 15) is 4.79 Å². The summed E-state index contributed by atoms with van der Waals surface area (Å²) in [4.78, 5) is 12.1. The van der Waals surface area contributed by atoms with E-state index in [1.54, 1.807) is 0 Å². The van der Waals surface area contributed by atoms with Gasteiger partial charge in [0.1, 0.15) is 5.54 Å². The van der Waals surface area contributed by atoms with E-state index >= 15 is 0 Å². The average molecular weight is 283 g/mol. The smallest absolute Gasteiger partial charge is 0.242 e. The van der Waals surface area contributed by atoms with Gasteiger partial charge >= 0.3 is 0 Å². The van der Waals surface area contributed by atoms with Gasteiger partial charge in [0, 0.05) is 17.7 Å². The van der Waals surface area contributed by atoms with Gasteiger partial charge in [-0.3, -0.25) is 4.79 Å². The average Bonchev–Trinajstić information content (AvgIpc) is 2.77. The monoisotopic (exact) mass is 282 g/mol. The van der Waals surface area contributed by atoms with Crippen molar-refractivity contribution < 1.29 is 9.53 Å². The maximum absolute atomic E-state index is 12.1. The van der Waals surface area contributed by atoms with Gasteiger partial charge in [-0.2, -0.15) is 0 Å². The van der Waals surface area contributed by atoms with Gasteiger partial charge in [-0.1, -0.05) is 23.7 Å². The lowest BCUT2D eigenvalue weighted by atomic mass is 9.98. The summed E-state index contributed by atoms with van der Waals surface area (Å²) in [5.74, 6) is -0.139. The molecule has 2 atom stereocenters. The minimum absolute atomic E-state index is 0.00647. The predicted octanol–water partition coefficient (Wildman–Crippen LogP) is 1.50. The highest BCUT2D eigenvalue weighted by Gasteiger charge is 2.38. The fourth-order valence-electron chi connectivity index (χ4n) is 2.20. The van der Waals surface area contributed by atoms with Gasteiger partial charge < -0.3 is 15.8 Å². The van der Waals surface area contributed by atoms with Gasteiger partial charge in [-0.25, -0.2) is 0 Å². The molecule has 0 spiro atoms. The van der Waals surface area contributed by atoms with Crippen LogP contribution in [0.5, 0.6) is 0 Å². The Labute approximate surface area is 118 Å². The van der Waals surface area contributed by atoms with E-state index in [4.69, 9.17) is 22.1 Å². The lowest BCUT2D eigenvalue weighted by Crippen LogP contribution is -2.56. The Kier molecular flexibility index (Phi) is 4.45. The normalized spacial score (nSPS) is 24.2. The second kappa shape index (κ2) is 5.90. The molecule has 104 valence electrons. The van der Waals surface area contributed by atoms with Crippen molar-refractivity contribution in [3.8, 4) is 0 Å². The van der Waals surface area contributed by atoms with Crippen LogP contribution in [0.1, 0.15) is 18.9 Å². The van der Waals surface area contributed by atoms with Crippen LogP contribution in [0.4, 0.5) is 0 Å². The molecule has 5 heteroatoms. The van der Waals surface area contributed by atoms with Crippen LogP contribution >= 0.6 is 11.6 Å². The van der Waals surface area contributed by atoms with Crippen molar-refractivity contribution in [3.63, 3.8) is 0 Å². The minimum Gasteiger partial charge on any atom is -0.379 e. The zero-order valence-electron chi connectivity index (χ0n) is 11.0. The molecular weight excluding hydrogens is 264 g/mol. The van der Waals surface area contributed by atoms with Crippen LogP contribution in [0.3, 0.4) is 0 Å². The molecule has 0 bridgehead atoms. The van der Waals surface area contributed by atoms with Crippen LogP contribution < -0.4 is 11.1 Å². The quantitative estimate of drug-likeness (QED) is 0.880. The molecule has 1 aliphatic rings. The van der Waals surface area contributed by atoms with Crippen molar-refractivity contribution in [1.29, 1.82) is 0 Å². The van der Waals surface area contributed by atoms with Crippen LogP contribution in [0, 0.1) is 0 Å². The lowest BCUT2D eigenvalue weighted by molar-refractivity contribution is -0.126. The van der Waals surface area contributed by atoms with Gasteiger partial charge in [-0.05, 0) is 37.5 Å². The fourth-order valence-corrected chi connectivity index (χ4v) is 2.41. The second-order valence-electron chi connectivity index (χ2n) is 5.17. The fraction of sp³-hybridized carbons (Fsp3) is 0.500. The highest BCUT2D eigenvalue weighted by Crippen LogP contribution is 2.16. The number of ether oxygens (including phenoxy) is 1. The summed E-state index contributed by atoms with van der Waals surface area (Å²) in [5.41, 5.74) is 6.23. The van der Waals surface area contributed by atoms with Crippen molar-refractivity contribution >= 4 is 17.5 Å². The van der Waals surface area contributed by atoms with Crippen molar-refractivity contribution in [3.05, 3.63) is 34.9 Å². The second-order valence-corrected chi connectivity index (χ2v) is 5.60. The first-order valence-electron chi connectivity index (χ1n) is 6.42. The van der Waals surface area contributed by atoms with Gasteiger partial charge in [0.25, 0.3) is 0 Å². The van der Waals surface area contributed by atoms with Crippen molar-refractivity contribution in [2.75, 3.05) is 13.2 Å². The first kappa shape index (κ1) is 14.3. The van der Waals surface area contributed by atoms with E-state index in [1.165, 1.54) is 0 Å². The summed E-state index contributed by atoms with van der Waals surface area (Å²) in [6.45, 7) is 2.80. The Morgan fingerprint density at radius 2 is 2.42 bits per heavy atom. The summed E-state index contributed by atoms with van der Waals surface area (Å²) in [6.07, 6.45) is 1.30. The van der Waals surface area contributed by atoms with Crippen LogP contribution in [0.2, 0.25) is 5.02 Å². The minimum atomic E-state index is -0.872. The third-order valence-corrected chi connectivity index (χ3v) is 3.55. The molecule has 1 amide bonds. The van der Waals surface area contributed by atoms with Gasteiger partial charge in [-0.15, -0.1) is 0 Å². The van der Waals surface area contributed by atoms with Gasteiger partial charge in [0.15, 0.2) is 0 Å². The van der Waals surface area contributed by atoms with Crippen molar-refractivity contribution in [2.45, 2.75) is 31.3 Å². The first-order valence-corrected chi connectivity index (χ1v) is 6.79. The van der Waals surface area contributed by atoms with E-state index < -0.39 is 5.54 Å². The third kappa shape index (κ3) is 3.69. The highest BCUT2D eigenvalue weighted by molar-refractivity contribution is 6.30. The number of carbonyl (C=O) groups excluding carboxylic acids is 1. The molecule has 19 heavy (non-hydrogen) atoms. The molecule has 2 unspecified atom stereocenters. The van der Waals surface area contributed by atoms with Crippen LogP contribution in [0.25, 0.3) is 0 Å². The SMILES string of the molecule is CC(Cc1cccc(Cl)c1)NC(=O)C1(N)CCOC1. The van der Waals surface area contributed by atoms with E-state index in [0.29, 0.717) is 24.7 Å². The van der Waals surface area contributed by atoms with Crippen LogP contribution in [-0.4, -0.2) is 30.7 Å². The standard InChI is InChI=1S/C14H19ClN2O2/c1-10(7-11-3-2-4-12(15)8-11)17-13(18)14(16)5-6-19-9-14/h2-4,8,10H,5-7,9,16H2,1H3,(H,17,18). The summed E-state index contributed by atoms with van der Waals surface area (Å²) < 4.78 is 5.19. The molecule has 1 fully saturated rings. The number of hydrogen-bond acceptors (Lipinski definition) is 3. The molecule has 0 saturated carbocycles. The number of rotatable bonds is 4. The Bertz CT molecular complexity index is 459. The predicted molar refractivity (Wildman–Crippen MR) is 75.1 cm³/mol. The summed E-state index contributed by atoms with van der Waals surface area (Å²) in [5, 5.41) is 3.65. The Morgan fingerprint density at radius 3 is 3.05 bits per heavy atom. The van der Waals surface area contributed by atoms with Crippen molar-refractivity contribution in [2.24, 2.45) is 5.73 Å². The number of hydrogen-bond donors (Lipinski definition) is 2. The molecule has 0 aromatic heterocycles.